The van der Waals surface area contributed by atoms with E-state index in [2.05, 4.69) is 25.2 Å². The summed E-state index contributed by atoms with van der Waals surface area (Å²) in [7, 11) is 3.03. The van der Waals surface area contributed by atoms with Crippen LogP contribution in [0.1, 0.15) is 35.4 Å². The predicted molar refractivity (Wildman–Crippen MR) is 170 cm³/mol. The minimum atomic E-state index is -0.700. The Kier molecular flexibility index (Phi) is 8.92. The van der Waals surface area contributed by atoms with E-state index in [0.717, 1.165) is 32.1 Å². The van der Waals surface area contributed by atoms with Crippen molar-refractivity contribution in [3.63, 3.8) is 0 Å². The fourth-order valence-electron chi connectivity index (χ4n) is 5.63. The second-order valence-corrected chi connectivity index (χ2v) is 10.9. The Bertz CT molecular complexity index is 1940. The van der Waals surface area contributed by atoms with Gasteiger partial charge in [0.1, 0.15) is 11.4 Å². The Morgan fingerprint density at radius 2 is 1.76 bits per heavy atom. The lowest BCUT2D eigenvalue weighted by Crippen LogP contribution is -2.24. The van der Waals surface area contributed by atoms with Gasteiger partial charge >= 0.3 is 5.69 Å². The van der Waals surface area contributed by atoms with Gasteiger partial charge in [-0.2, -0.15) is 0 Å². The Balaban J connectivity index is 1.17. The highest BCUT2D eigenvalue weighted by molar-refractivity contribution is 6.04. The maximum absolute atomic E-state index is 15.3. The molecule has 238 valence electrons. The number of carbonyl (C=O) groups is 1. The molecule has 0 spiro atoms. The van der Waals surface area contributed by atoms with E-state index >= 15 is 4.39 Å². The minimum absolute atomic E-state index is 0.0531. The molecule has 4 heterocycles. The van der Waals surface area contributed by atoms with Crippen LogP contribution in [0, 0.1) is 12.7 Å². The van der Waals surface area contributed by atoms with Gasteiger partial charge in [-0.25, -0.2) is 23.7 Å². The van der Waals surface area contributed by atoms with E-state index in [1.54, 1.807) is 44.5 Å². The average Bonchev–Trinajstić information content (AvgIpc) is 3.66. The number of amides is 1. The SMILES string of the molecule is COc1cc2c(Oc3ccc(NC(=O)c4c(C)n(-c5ncccn5)c(=O)n4C)cc3F)ccnc2cc1OCCCN1CCCC1. The first-order valence-corrected chi connectivity index (χ1v) is 15.0. The highest BCUT2D eigenvalue weighted by Crippen LogP contribution is 2.38. The lowest BCUT2D eigenvalue weighted by atomic mass is 10.1. The van der Waals surface area contributed by atoms with Crippen molar-refractivity contribution in [3.8, 4) is 28.9 Å². The van der Waals surface area contributed by atoms with Gasteiger partial charge in [0.2, 0.25) is 5.95 Å². The van der Waals surface area contributed by atoms with Crippen LogP contribution in [0.25, 0.3) is 16.9 Å². The summed E-state index contributed by atoms with van der Waals surface area (Å²) in [6.07, 6.45) is 7.99. The third kappa shape index (κ3) is 6.26. The molecule has 0 aliphatic carbocycles. The van der Waals surface area contributed by atoms with E-state index in [-0.39, 0.29) is 23.1 Å². The third-order valence-electron chi connectivity index (χ3n) is 7.93. The first-order valence-electron chi connectivity index (χ1n) is 15.0. The van der Waals surface area contributed by atoms with E-state index < -0.39 is 17.4 Å². The molecule has 0 unspecified atom stereocenters. The maximum Gasteiger partial charge on any atom is 0.335 e. The number of fused-ring (bicyclic) bond motifs is 1. The standard InChI is InChI=1S/C33H34FN7O5/c1-21-30(39(2)33(43)41(21)32-36-11-6-12-37-32)31(42)38-22-8-9-27(24(34)18-22)46-26-10-13-35-25-20-29(28(44-3)19-23(25)26)45-17-7-16-40-14-4-5-15-40/h6,8-13,18-20H,4-5,7,14-17H2,1-3H3,(H,38,42). The van der Waals surface area contributed by atoms with Crippen molar-refractivity contribution in [1.29, 1.82) is 0 Å². The molecule has 1 aliphatic rings. The molecular weight excluding hydrogens is 593 g/mol. The van der Waals surface area contributed by atoms with Crippen LogP contribution in [0.3, 0.4) is 0 Å². The first kappa shape index (κ1) is 30.7. The summed E-state index contributed by atoms with van der Waals surface area (Å²) in [6, 6.07) is 10.9. The lowest BCUT2D eigenvalue weighted by molar-refractivity contribution is 0.101. The number of pyridine rings is 1. The van der Waals surface area contributed by atoms with Crippen LogP contribution in [0.15, 0.2) is 65.8 Å². The fourth-order valence-corrected chi connectivity index (χ4v) is 5.63. The number of likely N-dealkylation sites (tertiary alicyclic amines) is 1. The van der Waals surface area contributed by atoms with Crippen molar-refractivity contribution < 1.29 is 23.4 Å². The number of ether oxygens (including phenoxy) is 3. The normalized spacial score (nSPS) is 13.2. The highest BCUT2D eigenvalue weighted by atomic mass is 19.1. The van der Waals surface area contributed by atoms with Gasteiger partial charge in [0.25, 0.3) is 5.91 Å². The topological polar surface area (TPSA) is 126 Å². The van der Waals surface area contributed by atoms with Gasteiger partial charge < -0.3 is 24.4 Å². The van der Waals surface area contributed by atoms with Crippen molar-refractivity contribution >= 4 is 22.5 Å². The molecule has 6 rings (SSSR count). The van der Waals surface area contributed by atoms with Crippen LogP contribution in [0.2, 0.25) is 0 Å². The van der Waals surface area contributed by atoms with Crippen molar-refractivity contribution in [2.75, 3.05) is 38.7 Å². The molecule has 1 saturated heterocycles. The summed E-state index contributed by atoms with van der Waals surface area (Å²) in [5, 5.41) is 3.27. The Morgan fingerprint density at radius 1 is 0.978 bits per heavy atom. The van der Waals surface area contributed by atoms with Crippen LogP contribution in [-0.2, 0) is 7.05 Å². The second-order valence-electron chi connectivity index (χ2n) is 10.9. The largest absolute Gasteiger partial charge is 0.493 e. The van der Waals surface area contributed by atoms with Crippen LogP contribution in [0.5, 0.6) is 23.0 Å². The minimum Gasteiger partial charge on any atom is -0.493 e. The molecule has 1 fully saturated rings. The Hall–Kier alpha value is -5.30. The van der Waals surface area contributed by atoms with Gasteiger partial charge in [-0.1, -0.05) is 0 Å². The van der Waals surface area contributed by atoms with E-state index in [1.165, 1.54) is 53.5 Å². The summed E-state index contributed by atoms with van der Waals surface area (Å²) in [5.41, 5.74) is 0.725. The molecule has 1 N–H and O–H groups in total. The molecule has 13 heteroatoms. The number of nitrogens with one attached hydrogen (secondary N) is 1. The number of imidazole rings is 1. The van der Waals surface area contributed by atoms with Crippen LogP contribution in [0.4, 0.5) is 10.1 Å². The van der Waals surface area contributed by atoms with Gasteiger partial charge in [-0.15, -0.1) is 0 Å². The monoisotopic (exact) mass is 627 g/mol. The zero-order valence-corrected chi connectivity index (χ0v) is 25.8. The molecule has 5 aromatic rings. The van der Waals surface area contributed by atoms with Gasteiger partial charge in [0, 0.05) is 55.4 Å². The summed E-state index contributed by atoms with van der Waals surface area (Å²) in [5.74, 6) is 0.256. The lowest BCUT2D eigenvalue weighted by Gasteiger charge is -2.16. The smallest absolute Gasteiger partial charge is 0.335 e. The van der Waals surface area contributed by atoms with E-state index in [4.69, 9.17) is 14.2 Å². The summed E-state index contributed by atoms with van der Waals surface area (Å²) in [6.45, 7) is 5.45. The number of rotatable bonds is 11. The van der Waals surface area contributed by atoms with Crippen molar-refractivity contribution in [1.82, 2.24) is 29.0 Å². The van der Waals surface area contributed by atoms with Crippen LogP contribution < -0.4 is 25.2 Å². The molecule has 0 bridgehead atoms. The third-order valence-corrected chi connectivity index (χ3v) is 7.93. The zero-order valence-electron chi connectivity index (χ0n) is 25.8. The highest BCUT2D eigenvalue weighted by Gasteiger charge is 2.23. The van der Waals surface area contributed by atoms with E-state index in [0.29, 0.717) is 40.5 Å². The molecule has 3 aromatic heterocycles. The van der Waals surface area contributed by atoms with Gasteiger partial charge in [0.15, 0.2) is 23.1 Å². The van der Waals surface area contributed by atoms with Crippen molar-refractivity contribution in [2.45, 2.75) is 26.2 Å². The number of hydrogen-bond acceptors (Lipinski definition) is 9. The molecule has 12 nitrogen and oxygen atoms in total. The maximum atomic E-state index is 15.3. The summed E-state index contributed by atoms with van der Waals surface area (Å²) < 4.78 is 35.4. The number of benzene rings is 2. The number of nitrogens with zero attached hydrogens (tertiary/aromatic N) is 6. The van der Waals surface area contributed by atoms with Crippen LogP contribution >= 0.6 is 0 Å². The van der Waals surface area contributed by atoms with E-state index in [1.807, 2.05) is 0 Å². The second kappa shape index (κ2) is 13.4. The Labute approximate surface area is 264 Å². The van der Waals surface area contributed by atoms with E-state index in [9.17, 15) is 9.59 Å². The molecule has 1 amide bonds. The summed E-state index contributed by atoms with van der Waals surface area (Å²) >= 11 is 0. The number of hydrogen-bond donors (Lipinski definition) is 1. The number of halogens is 1. The quantitative estimate of drug-likeness (QED) is 0.204. The van der Waals surface area contributed by atoms with Gasteiger partial charge in [-0.05, 0) is 69.6 Å². The molecule has 2 aromatic carbocycles. The first-order chi connectivity index (χ1) is 22.3. The molecule has 1 aliphatic heterocycles. The predicted octanol–water partition coefficient (Wildman–Crippen LogP) is 4.88. The fraction of sp³-hybridized carbons (Fsp3) is 0.303. The molecule has 0 atom stereocenters. The number of aromatic nitrogens is 5. The van der Waals surface area contributed by atoms with Gasteiger partial charge in [-0.3, -0.25) is 14.3 Å². The van der Waals surface area contributed by atoms with Crippen LogP contribution in [-0.4, -0.2) is 68.2 Å². The zero-order chi connectivity index (χ0) is 32.2. The molecular formula is C33H34FN7O5. The van der Waals surface area contributed by atoms with Gasteiger partial charge in [0.05, 0.1) is 24.9 Å². The molecule has 46 heavy (non-hydrogen) atoms. The number of anilines is 1. The number of carbonyl (C=O) groups excluding carboxylic acids is 1. The molecule has 0 radical (unpaired) electrons. The van der Waals surface area contributed by atoms with Crippen molar-refractivity contribution in [2.24, 2.45) is 7.05 Å². The summed E-state index contributed by atoms with van der Waals surface area (Å²) in [4.78, 5) is 41.2. The number of methoxy groups -OCH3 is 1. The Morgan fingerprint density at radius 3 is 2.50 bits per heavy atom. The average molecular weight is 628 g/mol. The van der Waals surface area contributed by atoms with Crippen molar-refractivity contribution in [3.05, 3.63) is 88.7 Å². The molecule has 0 saturated carbocycles.